The number of rotatable bonds is 3. The number of aromatic nitrogens is 4. The molecule has 0 bridgehead atoms. The number of carbonyl (C=O) groups excluding carboxylic acids is 1. The van der Waals surface area contributed by atoms with Crippen LogP contribution in [0.1, 0.15) is 54.5 Å². The molecule has 0 fully saturated rings. The number of nitrogens with zero attached hydrogens (tertiary/aromatic N) is 3. The molecule has 1 atom stereocenters. The van der Waals surface area contributed by atoms with Crippen LogP contribution in [0, 0.1) is 6.92 Å². The zero-order valence-electron chi connectivity index (χ0n) is 15.1. The third kappa shape index (κ3) is 2.87. The Morgan fingerprint density at radius 1 is 1.19 bits per heavy atom. The fraction of sp³-hybridized carbons (Fsp3) is 0.300. The molecule has 1 aliphatic heterocycles. The number of fused-ring (bicyclic) bond motifs is 1. The molecular weight excluding hydrogens is 326 g/mol. The number of aryl methyl sites for hydroxylation is 1. The van der Waals surface area contributed by atoms with Crippen LogP contribution in [0.25, 0.3) is 11.4 Å². The van der Waals surface area contributed by atoms with Gasteiger partial charge >= 0.3 is 0 Å². The van der Waals surface area contributed by atoms with Crippen molar-refractivity contribution in [2.24, 2.45) is 0 Å². The van der Waals surface area contributed by atoms with Crippen LogP contribution in [0.4, 0.5) is 5.82 Å². The Balaban J connectivity index is 1.72. The largest absolute Gasteiger partial charge is 0.309 e. The summed E-state index contributed by atoms with van der Waals surface area (Å²) in [6.07, 6.45) is 4.03. The number of amides is 1. The van der Waals surface area contributed by atoms with Crippen LogP contribution < -0.4 is 5.32 Å². The van der Waals surface area contributed by atoms with E-state index in [2.05, 4.69) is 45.4 Å². The zero-order valence-corrected chi connectivity index (χ0v) is 15.1. The molecule has 26 heavy (non-hydrogen) atoms. The summed E-state index contributed by atoms with van der Waals surface area (Å²) in [7, 11) is 0. The first-order chi connectivity index (χ1) is 12.5. The second kappa shape index (κ2) is 6.37. The van der Waals surface area contributed by atoms with Crippen LogP contribution in [-0.2, 0) is 4.79 Å². The number of hydrogen-bond acceptors (Lipinski definition) is 4. The molecule has 132 valence electrons. The van der Waals surface area contributed by atoms with Crippen LogP contribution in [-0.4, -0.2) is 26.1 Å². The molecule has 1 aliphatic rings. The average Bonchev–Trinajstić information content (AvgIpc) is 3.05. The highest BCUT2D eigenvalue weighted by Crippen LogP contribution is 2.39. The maximum absolute atomic E-state index is 12.1. The summed E-state index contributed by atoms with van der Waals surface area (Å²) in [5.74, 6) is 1.48. The molecule has 3 heterocycles. The Hall–Kier alpha value is -3.02. The molecule has 6 heteroatoms. The van der Waals surface area contributed by atoms with E-state index in [1.54, 1.807) is 0 Å². The lowest BCUT2D eigenvalue weighted by molar-refractivity contribution is -0.116. The number of nitrogens with one attached hydrogen (secondary N) is 2. The van der Waals surface area contributed by atoms with Crippen LogP contribution in [0.3, 0.4) is 0 Å². The quantitative estimate of drug-likeness (QED) is 0.755. The Labute approximate surface area is 152 Å². The molecule has 0 unspecified atom stereocenters. The predicted octanol–water partition coefficient (Wildman–Crippen LogP) is 3.77. The first-order valence-electron chi connectivity index (χ1n) is 8.80. The Bertz CT molecular complexity index is 959. The van der Waals surface area contributed by atoms with Crippen molar-refractivity contribution in [2.45, 2.75) is 39.0 Å². The smallest absolute Gasteiger partial charge is 0.226 e. The van der Waals surface area contributed by atoms with Gasteiger partial charge in [0.05, 0.1) is 0 Å². The van der Waals surface area contributed by atoms with Crippen molar-refractivity contribution < 1.29 is 4.79 Å². The number of aromatic amines is 1. The average molecular weight is 347 g/mol. The molecule has 2 N–H and O–H groups in total. The van der Waals surface area contributed by atoms with Crippen LogP contribution in [0.15, 0.2) is 36.7 Å². The second-order valence-electron chi connectivity index (χ2n) is 7.07. The van der Waals surface area contributed by atoms with Crippen molar-refractivity contribution in [2.75, 3.05) is 5.32 Å². The van der Waals surface area contributed by atoms with Gasteiger partial charge in [-0.25, -0.2) is 9.97 Å². The summed E-state index contributed by atoms with van der Waals surface area (Å²) >= 11 is 0. The summed E-state index contributed by atoms with van der Waals surface area (Å²) in [4.78, 5) is 21.2. The highest BCUT2D eigenvalue weighted by atomic mass is 16.1. The molecule has 0 saturated heterocycles. The highest BCUT2D eigenvalue weighted by Gasteiger charge is 2.32. The van der Waals surface area contributed by atoms with Gasteiger partial charge in [-0.05, 0) is 24.5 Å². The summed E-state index contributed by atoms with van der Waals surface area (Å²) in [6.45, 7) is 6.27. The molecule has 0 aliphatic carbocycles. The maximum atomic E-state index is 12.1. The van der Waals surface area contributed by atoms with Crippen molar-refractivity contribution in [3.8, 4) is 11.4 Å². The van der Waals surface area contributed by atoms with E-state index in [9.17, 15) is 4.79 Å². The van der Waals surface area contributed by atoms with Crippen LogP contribution in [0.2, 0.25) is 0 Å². The van der Waals surface area contributed by atoms with Gasteiger partial charge in [-0.1, -0.05) is 37.6 Å². The zero-order chi connectivity index (χ0) is 18.3. The molecular formula is C20H21N5O. The van der Waals surface area contributed by atoms with Gasteiger partial charge < -0.3 is 5.32 Å². The molecule has 2 aromatic heterocycles. The third-order valence-electron chi connectivity index (χ3n) is 4.76. The molecule has 4 rings (SSSR count). The van der Waals surface area contributed by atoms with Gasteiger partial charge in [-0.2, -0.15) is 5.10 Å². The van der Waals surface area contributed by atoms with Crippen molar-refractivity contribution in [3.63, 3.8) is 0 Å². The van der Waals surface area contributed by atoms with Crippen LogP contribution in [0.5, 0.6) is 0 Å². The van der Waals surface area contributed by atoms with Crippen molar-refractivity contribution in [1.29, 1.82) is 0 Å². The van der Waals surface area contributed by atoms with Gasteiger partial charge in [0, 0.05) is 41.6 Å². The van der Waals surface area contributed by atoms with Crippen molar-refractivity contribution >= 4 is 11.7 Å². The SMILES string of the molecule is Cc1cccc(-c2ncc([C@@H]3CC(=O)Nc4n[nH]c(C(C)C)c43)cn2)c1. The van der Waals surface area contributed by atoms with Crippen molar-refractivity contribution in [3.05, 3.63) is 59.0 Å². The minimum absolute atomic E-state index is 0.0351. The van der Waals surface area contributed by atoms with Crippen LogP contribution >= 0.6 is 0 Å². The number of hydrogen-bond donors (Lipinski definition) is 2. The predicted molar refractivity (Wildman–Crippen MR) is 100.0 cm³/mol. The third-order valence-corrected chi connectivity index (χ3v) is 4.76. The molecule has 0 radical (unpaired) electrons. The van der Waals surface area contributed by atoms with E-state index < -0.39 is 0 Å². The number of anilines is 1. The second-order valence-corrected chi connectivity index (χ2v) is 7.07. The van der Waals surface area contributed by atoms with E-state index >= 15 is 0 Å². The van der Waals surface area contributed by atoms with E-state index in [-0.39, 0.29) is 17.7 Å². The van der Waals surface area contributed by atoms with E-state index in [1.807, 2.05) is 37.5 Å². The minimum atomic E-state index is -0.0820. The Morgan fingerprint density at radius 3 is 2.65 bits per heavy atom. The molecule has 3 aromatic rings. The van der Waals surface area contributed by atoms with Crippen molar-refractivity contribution in [1.82, 2.24) is 20.2 Å². The summed E-state index contributed by atoms with van der Waals surface area (Å²) in [5, 5.41) is 10.2. The van der Waals surface area contributed by atoms with Gasteiger partial charge in [0.25, 0.3) is 0 Å². The molecule has 1 aromatic carbocycles. The van der Waals surface area contributed by atoms with E-state index in [1.165, 1.54) is 5.56 Å². The lowest BCUT2D eigenvalue weighted by atomic mass is 9.85. The first kappa shape index (κ1) is 16.4. The summed E-state index contributed by atoms with van der Waals surface area (Å²) in [6, 6.07) is 8.11. The number of benzene rings is 1. The van der Waals surface area contributed by atoms with Gasteiger partial charge in [0.1, 0.15) is 0 Å². The standard InChI is InChI=1S/C20H21N5O/c1-11(2)18-17-15(8-16(26)23-20(17)25-24-18)14-9-21-19(22-10-14)13-6-4-5-12(3)7-13/h4-7,9-11,15H,8H2,1-3H3,(H2,23,24,25,26)/t15-/m0/s1. The van der Waals surface area contributed by atoms with E-state index in [0.29, 0.717) is 18.1 Å². The van der Waals surface area contributed by atoms with E-state index in [0.717, 1.165) is 22.4 Å². The van der Waals surface area contributed by atoms with Gasteiger partial charge in [-0.15, -0.1) is 0 Å². The highest BCUT2D eigenvalue weighted by molar-refractivity contribution is 5.94. The Kier molecular flexibility index (Phi) is 4.03. The normalized spacial score (nSPS) is 16.5. The molecule has 0 spiro atoms. The lowest BCUT2D eigenvalue weighted by Gasteiger charge is -2.23. The first-order valence-corrected chi connectivity index (χ1v) is 8.80. The number of carbonyl (C=O) groups is 1. The monoisotopic (exact) mass is 347 g/mol. The van der Waals surface area contributed by atoms with Gasteiger partial charge in [0.15, 0.2) is 11.6 Å². The fourth-order valence-electron chi connectivity index (χ4n) is 3.46. The summed E-state index contributed by atoms with van der Waals surface area (Å²) < 4.78 is 0. The van der Waals surface area contributed by atoms with E-state index in [4.69, 9.17) is 0 Å². The topological polar surface area (TPSA) is 83.6 Å². The summed E-state index contributed by atoms with van der Waals surface area (Å²) in [5.41, 5.74) is 5.19. The maximum Gasteiger partial charge on any atom is 0.226 e. The molecule has 1 amide bonds. The molecule has 6 nitrogen and oxygen atoms in total. The van der Waals surface area contributed by atoms with Gasteiger partial charge in [-0.3, -0.25) is 9.89 Å². The molecule has 0 saturated carbocycles. The lowest BCUT2D eigenvalue weighted by Crippen LogP contribution is -2.24. The fourth-order valence-corrected chi connectivity index (χ4v) is 3.46. The number of H-pyrrole nitrogens is 1. The van der Waals surface area contributed by atoms with Gasteiger partial charge in [0.2, 0.25) is 5.91 Å². The Morgan fingerprint density at radius 2 is 1.96 bits per heavy atom. The minimum Gasteiger partial charge on any atom is -0.309 e.